The molecule has 0 amide bonds. The van der Waals surface area contributed by atoms with Crippen LogP contribution in [0, 0.1) is 13.8 Å². The number of hydrogen-bond acceptors (Lipinski definition) is 5. The van der Waals surface area contributed by atoms with Gasteiger partial charge in [-0.15, -0.1) is 10.2 Å². The molecule has 3 aromatic rings. The fraction of sp³-hybridized carbons (Fsp3) is 0.316. The Labute approximate surface area is 146 Å². The van der Waals surface area contributed by atoms with E-state index in [1.165, 1.54) is 6.39 Å². The van der Waals surface area contributed by atoms with Crippen LogP contribution in [0.5, 0.6) is 5.75 Å². The minimum absolute atomic E-state index is 0.00227. The number of nitrogens with zero attached hydrogens (tertiary/aromatic N) is 3. The van der Waals surface area contributed by atoms with Gasteiger partial charge in [0.15, 0.2) is 6.61 Å². The number of rotatable bonds is 6. The highest BCUT2D eigenvalue weighted by Gasteiger charge is 2.17. The fourth-order valence-corrected chi connectivity index (χ4v) is 3.07. The predicted molar refractivity (Wildman–Crippen MR) is 93.9 cm³/mol. The van der Waals surface area contributed by atoms with Gasteiger partial charge in [0.1, 0.15) is 5.75 Å². The zero-order valence-corrected chi connectivity index (χ0v) is 14.8. The lowest BCUT2D eigenvalue weighted by Gasteiger charge is -2.13. The minimum Gasteiger partial charge on any atom is -0.485 e. The van der Waals surface area contributed by atoms with E-state index in [9.17, 15) is 4.79 Å². The van der Waals surface area contributed by atoms with Crippen LogP contribution >= 0.6 is 0 Å². The summed E-state index contributed by atoms with van der Waals surface area (Å²) in [5.41, 5.74) is 3.58. The largest absolute Gasteiger partial charge is 0.485 e. The zero-order valence-electron chi connectivity index (χ0n) is 14.8. The van der Waals surface area contributed by atoms with Crippen molar-refractivity contribution in [3.05, 3.63) is 53.7 Å². The Kier molecular flexibility index (Phi) is 4.70. The number of carbonyl (C=O) groups excluding carboxylic acids is 1. The van der Waals surface area contributed by atoms with E-state index in [1.54, 1.807) is 12.1 Å². The molecule has 2 heterocycles. The van der Waals surface area contributed by atoms with Crippen LogP contribution in [-0.4, -0.2) is 27.2 Å². The van der Waals surface area contributed by atoms with Crippen molar-refractivity contribution in [2.24, 2.45) is 0 Å². The number of aryl methyl sites for hydroxylation is 1. The summed E-state index contributed by atoms with van der Waals surface area (Å²) in [6.45, 7) is 8.20. The Bertz CT molecular complexity index is 862. The van der Waals surface area contributed by atoms with Gasteiger partial charge in [0.2, 0.25) is 18.1 Å². The SMILES string of the molecule is Cc1cc(C(=O)COc2ccc(-c3nnco3)cc2)c(C)n1C(C)C. The summed E-state index contributed by atoms with van der Waals surface area (Å²) in [5, 5.41) is 7.50. The van der Waals surface area contributed by atoms with Crippen molar-refractivity contribution in [3.8, 4) is 17.2 Å². The molecular weight excluding hydrogens is 318 g/mol. The lowest BCUT2D eigenvalue weighted by Crippen LogP contribution is -2.13. The predicted octanol–water partition coefficient (Wildman–Crippen LogP) is 4.00. The summed E-state index contributed by atoms with van der Waals surface area (Å²) < 4.78 is 12.9. The standard InChI is InChI=1S/C19H21N3O3/c1-12(2)22-13(3)9-17(14(22)4)18(23)10-24-16-7-5-15(6-8-16)19-21-20-11-25-19/h5-9,11-12H,10H2,1-4H3. The highest BCUT2D eigenvalue weighted by molar-refractivity contribution is 5.98. The van der Waals surface area contributed by atoms with Crippen molar-refractivity contribution in [3.63, 3.8) is 0 Å². The van der Waals surface area contributed by atoms with Crippen LogP contribution in [0.3, 0.4) is 0 Å². The van der Waals surface area contributed by atoms with Gasteiger partial charge in [-0.3, -0.25) is 4.79 Å². The van der Waals surface area contributed by atoms with E-state index in [4.69, 9.17) is 9.15 Å². The van der Waals surface area contributed by atoms with Crippen molar-refractivity contribution in [1.82, 2.24) is 14.8 Å². The van der Waals surface area contributed by atoms with Crippen LogP contribution < -0.4 is 4.74 Å². The normalized spacial score (nSPS) is 11.1. The Morgan fingerprint density at radius 3 is 2.52 bits per heavy atom. The maximum atomic E-state index is 12.5. The fourth-order valence-electron chi connectivity index (χ4n) is 3.07. The smallest absolute Gasteiger partial charge is 0.247 e. The summed E-state index contributed by atoms with van der Waals surface area (Å²) in [4.78, 5) is 12.5. The molecule has 1 aromatic carbocycles. The summed E-state index contributed by atoms with van der Waals surface area (Å²) in [6, 6.07) is 9.45. The van der Waals surface area contributed by atoms with Gasteiger partial charge in [0.25, 0.3) is 0 Å². The average molecular weight is 339 g/mol. The first-order chi connectivity index (χ1) is 12.0. The van der Waals surface area contributed by atoms with Crippen molar-refractivity contribution in [2.45, 2.75) is 33.7 Å². The van der Waals surface area contributed by atoms with Crippen LogP contribution in [-0.2, 0) is 0 Å². The zero-order chi connectivity index (χ0) is 18.0. The van der Waals surface area contributed by atoms with E-state index in [2.05, 4.69) is 28.6 Å². The molecule has 0 N–H and O–H groups in total. The molecule has 0 radical (unpaired) electrons. The highest BCUT2D eigenvalue weighted by Crippen LogP contribution is 2.22. The van der Waals surface area contributed by atoms with Gasteiger partial charge in [0, 0.05) is 28.6 Å². The summed E-state index contributed by atoms with van der Waals surface area (Å²) >= 11 is 0. The van der Waals surface area contributed by atoms with Crippen LogP contribution in [0.25, 0.3) is 11.5 Å². The maximum Gasteiger partial charge on any atom is 0.247 e. The second-order valence-corrected chi connectivity index (χ2v) is 6.23. The van der Waals surface area contributed by atoms with Crippen molar-refractivity contribution in [1.29, 1.82) is 0 Å². The minimum atomic E-state index is -0.0269. The molecule has 130 valence electrons. The second-order valence-electron chi connectivity index (χ2n) is 6.23. The number of aromatic nitrogens is 3. The highest BCUT2D eigenvalue weighted by atomic mass is 16.5. The quantitative estimate of drug-likeness (QED) is 0.635. The van der Waals surface area contributed by atoms with E-state index >= 15 is 0 Å². The third-order valence-electron chi connectivity index (χ3n) is 4.13. The number of Topliss-reactive ketones (excluding diaryl/α,β-unsaturated/α-hetero) is 1. The van der Waals surface area contributed by atoms with Gasteiger partial charge in [-0.05, 0) is 58.0 Å². The van der Waals surface area contributed by atoms with Crippen LogP contribution in [0.4, 0.5) is 0 Å². The van der Waals surface area contributed by atoms with Gasteiger partial charge in [-0.25, -0.2) is 0 Å². The Hall–Kier alpha value is -2.89. The van der Waals surface area contributed by atoms with E-state index < -0.39 is 0 Å². The number of carbonyl (C=O) groups is 1. The second kappa shape index (κ2) is 6.93. The van der Waals surface area contributed by atoms with Gasteiger partial charge < -0.3 is 13.7 Å². The first kappa shape index (κ1) is 17.0. The number of hydrogen-bond donors (Lipinski definition) is 0. The molecule has 0 saturated heterocycles. The molecule has 0 aliphatic rings. The van der Waals surface area contributed by atoms with E-state index in [0.29, 0.717) is 23.2 Å². The molecule has 25 heavy (non-hydrogen) atoms. The van der Waals surface area contributed by atoms with Gasteiger partial charge >= 0.3 is 0 Å². The summed E-state index contributed by atoms with van der Waals surface area (Å²) in [5.74, 6) is 1.04. The van der Waals surface area contributed by atoms with Gasteiger partial charge in [0.05, 0.1) is 0 Å². The molecule has 6 nitrogen and oxygen atoms in total. The Balaban J connectivity index is 1.67. The van der Waals surface area contributed by atoms with Crippen molar-refractivity contribution < 1.29 is 13.9 Å². The molecule has 0 fully saturated rings. The third-order valence-corrected chi connectivity index (χ3v) is 4.13. The molecule has 0 aliphatic heterocycles. The van der Waals surface area contributed by atoms with Crippen LogP contribution in [0.15, 0.2) is 41.1 Å². The molecule has 0 unspecified atom stereocenters. The molecule has 0 bridgehead atoms. The monoisotopic (exact) mass is 339 g/mol. The lowest BCUT2D eigenvalue weighted by molar-refractivity contribution is 0.0920. The first-order valence-corrected chi connectivity index (χ1v) is 8.18. The first-order valence-electron chi connectivity index (χ1n) is 8.18. The third kappa shape index (κ3) is 3.47. The summed E-state index contributed by atoms with van der Waals surface area (Å²) in [6.07, 6.45) is 1.28. The van der Waals surface area contributed by atoms with Crippen molar-refractivity contribution >= 4 is 5.78 Å². The Morgan fingerprint density at radius 1 is 1.24 bits per heavy atom. The number of ether oxygens (including phenoxy) is 1. The average Bonchev–Trinajstić information content (AvgIpc) is 3.21. The Morgan fingerprint density at radius 2 is 1.96 bits per heavy atom. The molecule has 6 heteroatoms. The maximum absolute atomic E-state index is 12.5. The van der Waals surface area contributed by atoms with Gasteiger partial charge in [-0.2, -0.15) is 0 Å². The molecule has 3 rings (SSSR count). The van der Waals surface area contributed by atoms with E-state index in [1.807, 2.05) is 32.0 Å². The molecule has 0 spiro atoms. The topological polar surface area (TPSA) is 70.2 Å². The molecule has 2 aromatic heterocycles. The molecule has 0 aliphatic carbocycles. The lowest BCUT2D eigenvalue weighted by atomic mass is 10.1. The summed E-state index contributed by atoms with van der Waals surface area (Å²) in [7, 11) is 0. The molecule has 0 saturated carbocycles. The van der Waals surface area contributed by atoms with Crippen LogP contribution in [0.1, 0.15) is 41.6 Å². The van der Waals surface area contributed by atoms with Gasteiger partial charge in [-0.1, -0.05) is 0 Å². The number of ketones is 1. The molecular formula is C19H21N3O3. The van der Waals surface area contributed by atoms with Crippen molar-refractivity contribution in [2.75, 3.05) is 6.61 Å². The van der Waals surface area contributed by atoms with E-state index in [0.717, 1.165) is 17.0 Å². The van der Waals surface area contributed by atoms with E-state index in [-0.39, 0.29) is 12.4 Å². The molecule has 0 atom stereocenters. The number of benzene rings is 1. The van der Waals surface area contributed by atoms with Crippen LogP contribution in [0.2, 0.25) is 0 Å².